The van der Waals surface area contributed by atoms with Crippen LogP contribution in [0.3, 0.4) is 0 Å². The van der Waals surface area contributed by atoms with Gasteiger partial charge < -0.3 is 5.11 Å². The Morgan fingerprint density at radius 2 is 1.85 bits per heavy atom. The first kappa shape index (κ1) is 13.6. The van der Waals surface area contributed by atoms with Gasteiger partial charge in [-0.05, 0) is 35.6 Å². The minimum Gasteiger partial charge on any atom is -0.396 e. The first-order valence-corrected chi connectivity index (χ1v) is 7.70. The average Bonchev–Trinajstić information content (AvgIpc) is 2.43. The van der Waals surface area contributed by atoms with Crippen LogP contribution in [0.5, 0.6) is 0 Å². The standard InChI is InChI=1S/C18H23NO/c20-13-5-12-19(17-9-4-10-17)14-16-8-3-7-15-6-1-2-11-18(15)16/h1-3,6-8,11,17,20H,4-5,9-10,12-14H2. The summed E-state index contributed by atoms with van der Waals surface area (Å²) in [6, 6.07) is 15.9. The summed E-state index contributed by atoms with van der Waals surface area (Å²) in [5, 5.41) is 11.8. The third-order valence-corrected chi connectivity index (χ3v) is 4.45. The van der Waals surface area contributed by atoms with Gasteiger partial charge in [-0.1, -0.05) is 48.9 Å². The van der Waals surface area contributed by atoms with Gasteiger partial charge in [-0.15, -0.1) is 0 Å². The molecule has 0 unspecified atom stereocenters. The van der Waals surface area contributed by atoms with E-state index in [2.05, 4.69) is 47.4 Å². The molecule has 0 spiro atoms. The Morgan fingerprint density at radius 1 is 1.05 bits per heavy atom. The van der Waals surface area contributed by atoms with Crippen LogP contribution in [0.25, 0.3) is 10.8 Å². The fraction of sp³-hybridized carbons (Fsp3) is 0.444. The largest absolute Gasteiger partial charge is 0.396 e. The predicted molar refractivity (Wildman–Crippen MR) is 83.7 cm³/mol. The van der Waals surface area contributed by atoms with Crippen LogP contribution in [-0.4, -0.2) is 29.2 Å². The Morgan fingerprint density at radius 3 is 2.60 bits per heavy atom. The maximum atomic E-state index is 9.10. The molecule has 106 valence electrons. The zero-order chi connectivity index (χ0) is 13.8. The van der Waals surface area contributed by atoms with E-state index < -0.39 is 0 Å². The van der Waals surface area contributed by atoms with Crippen molar-refractivity contribution in [3.8, 4) is 0 Å². The molecule has 0 saturated heterocycles. The molecular weight excluding hydrogens is 246 g/mol. The lowest BCUT2D eigenvalue weighted by Gasteiger charge is -2.37. The molecule has 1 saturated carbocycles. The Hall–Kier alpha value is -1.38. The van der Waals surface area contributed by atoms with E-state index in [1.54, 1.807) is 0 Å². The van der Waals surface area contributed by atoms with E-state index in [0.29, 0.717) is 6.61 Å². The topological polar surface area (TPSA) is 23.5 Å². The Labute approximate surface area is 121 Å². The van der Waals surface area contributed by atoms with E-state index >= 15 is 0 Å². The third kappa shape index (κ3) is 2.87. The highest BCUT2D eigenvalue weighted by molar-refractivity contribution is 5.85. The normalized spacial score (nSPS) is 15.7. The van der Waals surface area contributed by atoms with E-state index in [9.17, 15) is 0 Å². The zero-order valence-corrected chi connectivity index (χ0v) is 12.0. The van der Waals surface area contributed by atoms with Gasteiger partial charge in [-0.25, -0.2) is 0 Å². The summed E-state index contributed by atoms with van der Waals surface area (Å²) in [5.74, 6) is 0. The van der Waals surface area contributed by atoms with Gasteiger partial charge in [-0.3, -0.25) is 4.90 Å². The van der Waals surface area contributed by atoms with Crippen molar-refractivity contribution in [2.45, 2.75) is 38.3 Å². The summed E-state index contributed by atoms with van der Waals surface area (Å²) in [6.07, 6.45) is 4.86. The average molecular weight is 269 g/mol. The van der Waals surface area contributed by atoms with E-state index in [0.717, 1.165) is 25.6 Å². The number of nitrogens with zero attached hydrogens (tertiary/aromatic N) is 1. The van der Waals surface area contributed by atoms with Crippen molar-refractivity contribution in [3.05, 3.63) is 48.0 Å². The van der Waals surface area contributed by atoms with E-state index in [4.69, 9.17) is 5.11 Å². The molecule has 1 aliphatic carbocycles. The first-order chi connectivity index (χ1) is 9.88. The van der Waals surface area contributed by atoms with Crippen LogP contribution >= 0.6 is 0 Å². The summed E-state index contributed by atoms with van der Waals surface area (Å²) < 4.78 is 0. The minimum absolute atomic E-state index is 0.290. The van der Waals surface area contributed by atoms with E-state index in [1.165, 1.54) is 35.6 Å². The van der Waals surface area contributed by atoms with Crippen LogP contribution in [0.2, 0.25) is 0 Å². The Kier molecular flexibility index (Phi) is 4.34. The molecular formula is C18H23NO. The molecule has 3 rings (SSSR count). The van der Waals surface area contributed by atoms with E-state index in [-0.39, 0.29) is 0 Å². The third-order valence-electron chi connectivity index (χ3n) is 4.45. The lowest BCUT2D eigenvalue weighted by molar-refractivity contribution is 0.110. The monoisotopic (exact) mass is 269 g/mol. The second-order valence-corrected chi connectivity index (χ2v) is 5.77. The quantitative estimate of drug-likeness (QED) is 0.866. The number of hydrogen-bond donors (Lipinski definition) is 1. The summed E-state index contributed by atoms with van der Waals surface area (Å²) in [4.78, 5) is 2.56. The van der Waals surface area contributed by atoms with Gasteiger partial charge in [0.25, 0.3) is 0 Å². The van der Waals surface area contributed by atoms with E-state index in [1.807, 2.05) is 0 Å². The summed E-state index contributed by atoms with van der Waals surface area (Å²) in [5.41, 5.74) is 1.41. The number of hydrogen-bond acceptors (Lipinski definition) is 2. The molecule has 0 heterocycles. The molecule has 2 aromatic rings. The van der Waals surface area contributed by atoms with Crippen LogP contribution in [0, 0.1) is 0 Å². The van der Waals surface area contributed by atoms with Crippen LogP contribution < -0.4 is 0 Å². The van der Waals surface area contributed by atoms with Crippen LogP contribution in [0.15, 0.2) is 42.5 Å². The molecule has 0 radical (unpaired) electrons. The highest BCUT2D eigenvalue weighted by atomic mass is 16.3. The number of benzene rings is 2. The fourth-order valence-electron chi connectivity index (χ4n) is 3.07. The van der Waals surface area contributed by atoms with Crippen LogP contribution in [0.4, 0.5) is 0 Å². The molecule has 20 heavy (non-hydrogen) atoms. The molecule has 1 aliphatic rings. The second kappa shape index (κ2) is 6.38. The Balaban J connectivity index is 1.82. The number of fused-ring (bicyclic) bond motifs is 1. The predicted octanol–water partition coefficient (Wildman–Crippen LogP) is 3.58. The number of aliphatic hydroxyl groups excluding tert-OH is 1. The molecule has 1 fully saturated rings. The number of rotatable bonds is 6. The molecule has 0 amide bonds. The van der Waals surface area contributed by atoms with Gasteiger partial charge >= 0.3 is 0 Å². The summed E-state index contributed by atoms with van der Waals surface area (Å²) >= 11 is 0. The minimum atomic E-state index is 0.290. The van der Waals surface area contributed by atoms with Crippen molar-refractivity contribution >= 4 is 10.8 Å². The molecule has 0 bridgehead atoms. The lowest BCUT2D eigenvalue weighted by Crippen LogP contribution is -2.40. The Bertz CT molecular complexity index is 557. The molecule has 0 aliphatic heterocycles. The van der Waals surface area contributed by atoms with Crippen molar-refractivity contribution in [2.24, 2.45) is 0 Å². The van der Waals surface area contributed by atoms with Crippen molar-refractivity contribution in [3.63, 3.8) is 0 Å². The fourth-order valence-corrected chi connectivity index (χ4v) is 3.07. The van der Waals surface area contributed by atoms with Gasteiger partial charge in [0.2, 0.25) is 0 Å². The van der Waals surface area contributed by atoms with Gasteiger partial charge in [0, 0.05) is 25.7 Å². The highest BCUT2D eigenvalue weighted by Crippen LogP contribution is 2.28. The van der Waals surface area contributed by atoms with Crippen molar-refractivity contribution in [1.82, 2.24) is 4.90 Å². The summed E-state index contributed by atoms with van der Waals surface area (Å²) in [6.45, 7) is 2.30. The van der Waals surface area contributed by atoms with Crippen LogP contribution in [0.1, 0.15) is 31.2 Å². The van der Waals surface area contributed by atoms with Crippen molar-refractivity contribution in [2.75, 3.05) is 13.2 Å². The van der Waals surface area contributed by atoms with Crippen molar-refractivity contribution in [1.29, 1.82) is 0 Å². The molecule has 2 heteroatoms. The molecule has 0 aromatic heterocycles. The molecule has 0 atom stereocenters. The molecule has 2 nitrogen and oxygen atoms in total. The highest BCUT2D eigenvalue weighted by Gasteiger charge is 2.24. The lowest BCUT2D eigenvalue weighted by atomic mass is 9.90. The summed E-state index contributed by atoms with van der Waals surface area (Å²) in [7, 11) is 0. The molecule has 1 N–H and O–H groups in total. The van der Waals surface area contributed by atoms with Gasteiger partial charge in [0.1, 0.15) is 0 Å². The zero-order valence-electron chi connectivity index (χ0n) is 12.0. The number of aliphatic hydroxyl groups is 1. The van der Waals surface area contributed by atoms with Crippen LogP contribution in [-0.2, 0) is 6.54 Å². The second-order valence-electron chi connectivity index (χ2n) is 5.77. The maximum absolute atomic E-state index is 9.10. The van der Waals surface area contributed by atoms with Crippen molar-refractivity contribution < 1.29 is 5.11 Å². The van der Waals surface area contributed by atoms with Gasteiger partial charge in [-0.2, -0.15) is 0 Å². The smallest absolute Gasteiger partial charge is 0.0443 e. The molecule has 2 aromatic carbocycles. The maximum Gasteiger partial charge on any atom is 0.0443 e. The van der Waals surface area contributed by atoms with Gasteiger partial charge in [0.05, 0.1) is 0 Å². The van der Waals surface area contributed by atoms with Gasteiger partial charge in [0.15, 0.2) is 0 Å². The first-order valence-electron chi connectivity index (χ1n) is 7.70. The SMILES string of the molecule is OCCCN(Cc1cccc2ccccc12)C1CCC1.